The van der Waals surface area contributed by atoms with Gasteiger partial charge in [0.25, 0.3) is 0 Å². The summed E-state index contributed by atoms with van der Waals surface area (Å²) in [6.45, 7) is 3.01. The van der Waals surface area contributed by atoms with E-state index in [4.69, 9.17) is 0 Å². The van der Waals surface area contributed by atoms with Crippen LogP contribution >= 0.6 is 0 Å². The topological polar surface area (TPSA) is 41.1 Å². The number of hydrogen-bond donors (Lipinski definition) is 2. The van der Waals surface area contributed by atoms with Crippen molar-refractivity contribution in [2.24, 2.45) is 11.8 Å². The van der Waals surface area contributed by atoms with Gasteiger partial charge in [-0.15, -0.1) is 0 Å². The van der Waals surface area contributed by atoms with Crippen LogP contribution in [0.5, 0.6) is 0 Å². The maximum Gasteiger partial charge on any atom is 0.220 e. The highest BCUT2D eigenvalue weighted by Crippen LogP contribution is 2.22. The van der Waals surface area contributed by atoms with E-state index in [1.165, 1.54) is 0 Å². The van der Waals surface area contributed by atoms with Crippen LogP contribution in [0, 0.1) is 11.8 Å². The lowest BCUT2D eigenvalue weighted by molar-refractivity contribution is -0.124. The Labute approximate surface area is 67.5 Å². The van der Waals surface area contributed by atoms with Crippen molar-refractivity contribution in [3.8, 4) is 0 Å². The van der Waals surface area contributed by atoms with E-state index >= 15 is 0 Å². The number of rotatable bonds is 0. The third-order valence-corrected chi connectivity index (χ3v) is 2.49. The van der Waals surface area contributed by atoms with Crippen LogP contribution in [0.2, 0.25) is 0 Å². The lowest BCUT2D eigenvalue weighted by Gasteiger charge is -2.23. The van der Waals surface area contributed by atoms with Crippen molar-refractivity contribution < 1.29 is 4.79 Å². The number of nitrogens with one attached hydrogen (secondary N) is 2. The van der Waals surface area contributed by atoms with Crippen LogP contribution in [0.25, 0.3) is 0 Å². The van der Waals surface area contributed by atoms with E-state index < -0.39 is 0 Å². The minimum absolute atomic E-state index is 0. The summed E-state index contributed by atoms with van der Waals surface area (Å²) in [6.07, 6.45) is 0.734. The van der Waals surface area contributed by atoms with Crippen molar-refractivity contribution in [3.63, 3.8) is 0 Å². The van der Waals surface area contributed by atoms with Crippen LogP contribution in [0.15, 0.2) is 0 Å². The fourth-order valence-corrected chi connectivity index (χ4v) is 1.82. The molecule has 2 rings (SSSR count). The highest BCUT2D eigenvalue weighted by Gasteiger charge is 2.32. The zero-order chi connectivity index (χ0) is 6.97. The minimum Gasteiger partial charge on any atom is -0.356 e. The summed E-state index contributed by atoms with van der Waals surface area (Å²) in [5.74, 6) is 1.55. The maximum absolute atomic E-state index is 10.9. The van der Waals surface area contributed by atoms with Crippen molar-refractivity contribution in [2.45, 2.75) is 13.8 Å². The Bertz CT molecular complexity index is 158. The van der Waals surface area contributed by atoms with Gasteiger partial charge in [-0.2, -0.15) is 0 Å². The fourth-order valence-electron chi connectivity index (χ4n) is 1.82. The molecule has 2 unspecified atom stereocenters. The van der Waals surface area contributed by atoms with Crippen molar-refractivity contribution in [1.82, 2.24) is 10.6 Å². The summed E-state index contributed by atoms with van der Waals surface area (Å²) < 4.78 is 0. The van der Waals surface area contributed by atoms with Crippen molar-refractivity contribution in [2.75, 3.05) is 19.6 Å². The van der Waals surface area contributed by atoms with Gasteiger partial charge in [-0.25, -0.2) is 0 Å². The smallest absolute Gasteiger partial charge is 0.220 e. The molecule has 2 aliphatic rings. The summed E-state index contributed by atoms with van der Waals surface area (Å²) in [7, 11) is 0. The van der Waals surface area contributed by atoms with E-state index in [0.717, 1.165) is 26.1 Å². The molecule has 0 radical (unpaired) electrons. The normalized spacial score (nSPS) is 35.5. The Morgan fingerprint density at radius 2 is 1.91 bits per heavy atom. The largest absolute Gasteiger partial charge is 0.356 e. The Hall–Kier alpha value is -0.570. The molecule has 2 saturated heterocycles. The molecule has 2 N–H and O–H groups in total. The van der Waals surface area contributed by atoms with E-state index in [9.17, 15) is 4.79 Å². The summed E-state index contributed by atoms with van der Waals surface area (Å²) >= 11 is 0. The Kier molecular flexibility index (Phi) is 2.49. The maximum atomic E-state index is 10.9. The summed E-state index contributed by atoms with van der Waals surface area (Å²) in [6, 6.07) is 0. The number of carbonyl (C=O) groups excluding carboxylic acids is 1. The molecule has 0 aromatic rings. The molecule has 0 spiro atoms. The van der Waals surface area contributed by atoms with Crippen LogP contribution in [0.3, 0.4) is 0 Å². The third kappa shape index (κ3) is 1.53. The average Bonchev–Trinajstić information content (AvgIpc) is 2.33. The molecule has 2 atom stereocenters. The Morgan fingerprint density at radius 3 is 2.73 bits per heavy atom. The van der Waals surface area contributed by atoms with Crippen molar-refractivity contribution >= 4 is 5.91 Å². The van der Waals surface area contributed by atoms with Gasteiger partial charge in [-0.05, 0) is 24.9 Å². The minimum atomic E-state index is 0. The van der Waals surface area contributed by atoms with Gasteiger partial charge in [-0.1, -0.05) is 7.43 Å². The fraction of sp³-hybridized carbons (Fsp3) is 0.875. The zero-order valence-electron chi connectivity index (χ0n) is 5.89. The lowest BCUT2D eigenvalue weighted by Crippen LogP contribution is -2.39. The molecule has 2 heterocycles. The van der Waals surface area contributed by atoms with E-state index in [2.05, 4.69) is 10.6 Å². The van der Waals surface area contributed by atoms with Gasteiger partial charge in [0.05, 0.1) is 0 Å². The number of amides is 1. The van der Waals surface area contributed by atoms with Gasteiger partial charge in [-0.3, -0.25) is 4.79 Å². The van der Waals surface area contributed by atoms with Gasteiger partial charge in [0.2, 0.25) is 5.91 Å². The van der Waals surface area contributed by atoms with Crippen LogP contribution in [-0.4, -0.2) is 25.5 Å². The number of carbonyl (C=O) groups is 1. The first-order valence-electron chi connectivity index (χ1n) is 3.83. The van der Waals surface area contributed by atoms with Gasteiger partial charge in [0.1, 0.15) is 0 Å². The molecule has 11 heavy (non-hydrogen) atoms. The molecule has 64 valence electrons. The van der Waals surface area contributed by atoms with Crippen LogP contribution < -0.4 is 10.6 Å². The van der Waals surface area contributed by atoms with Crippen LogP contribution in [0.4, 0.5) is 0 Å². The standard InChI is InChI=1S/C7H12N2O.CH4/c10-7-1-5-2-8-3-6(5)4-9-7;/h5-6,8H,1-4H2,(H,9,10);1H4. The molecular weight excluding hydrogens is 140 g/mol. The molecule has 0 saturated carbocycles. The predicted octanol–water partition coefficient (Wildman–Crippen LogP) is -0.0220. The molecule has 2 aliphatic heterocycles. The van der Waals surface area contributed by atoms with E-state index in [-0.39, 0.29) is 13.3 Å². The first-order chi connectivity index (χ1) is 4.86. The van der Waals surface area contributed by atoms with Crippen molar-refractivity contribution in [1.29, 1.82) is 0 Å². The second-order valence-corrected chi connectivity index (χ2v) is 3.19. The second-order valence-electron chi connectivity index (χ2n) is 3.19. The van der Waals surface area contributed by atoms with Crippen molar-refractivity contribution in [3.05, 3.63) is 0 Å². The van der Waals surface area contributed by atoms with E-state index in [1.54, 1.807) is 0 Å². The molecular formula is C8H16N2O. The summed E-state index contributed by atoms with van der Waals surface area (Å²) in [4.78, 5) is 10.9. The quantitative estimate of drug-likeness (QED) is 0.517. The van der Waals surface area contributed by atoms with Crippen LogP contribution in [-0.2, 0) is 4.79 Å². The molecule has 0 aromatic heterocycles. The third-order valence-electron chi connectivity index (χ3n) is 2.49. The number of piperidine rings is 1. The Balaban J connectivity index is 0.000000605. The monoisotopic (exact) mass is 156 g/mol. The molecule has 3 heteroatoms. The van der Waals surface area contributed by atoms with E-state index in [0.29, 0.717) is 11.8 Å². The zero-order valence-corrected chi connectivity index (χ0v) is 5.89. The number of fused-ring (bicyclic) bond motifs is 1. The number of hydrogen-bond acceptors (Lipinski definition) is 2. The SMILES string of the molecule is C.O=C1CC2CNCC2CN1. The van der Waals surface area contributed by atoms with Gasteiger partial charge in [0, 0.05) is 13.0 Å². The molecule has 1 amide bonds. The van der Waals surface area contributed by atoms with Gasteiger partial charge >= 0.3 is 0 Å². The van der Waals surface area contributed by atoms with Gasteiger partial charge < -0.3 is 10.6 Å². The molecule has 0 aromatic carbocycles. The van der Waals surface area contributed by atoms with E-state index in [1.807, 2.05) is 0 Å². The first kappa shape index (κ1) is 8.53. The second kappa shape index (κ2) is 3.22. The summed E-state index contributed by atoms with van der Waals surface area (Å²) in [5.41, 5.74) is 0. The highest BCUT2D eigenvalue weighted by molar-refractivity contribution is 5.77. The molecule has 0 bridgehead atoms. The average molecular weight is 156 g/mol. The van der Waals surface area contributed by atoms with Gasteiger partial charge in [0.15, 0.2) is 0 Å². The molecule has 2 fully saturated rings. The lowest BCUT2D eigenvalue weighted by atomic mass is 9.89. The predicted molar refractivity (Wildman–Crippen MR) is 44.2 cm³/mol. The Morgan fingerprint density at radius 1 is 1.18 bits per heavy atom. The molecule has 3 nitrogen and oxygen atoms in total. The van der Waals surface area contributed by atoms with Crippen LogP contribution in [0.1, 0.15) is 13.8 Å². The molecule has 0 aliphatic carbocycles. The first-order valence-corrected chi connectivity index (χ1v) is 3.83. The summed E-state index contributed by atoms with van der Waals surface area (Å²) in [5, 5.41) is 6.17. The highest BCUT2D eigenvalue weighted by atomic mass is 16.1.